The van der Waals surface area contributed by atoms with Gasteiger partial charge in [0.15, 0.2) is 5.82 Å². The van der Waals surface area contributed by atoms with Gasteiger partial charge >= 0.3 is 0 Å². The third-order valence-electron chi connectivity index (χ3n) is 4.96. The van der Waals surface area contributed by atoms with Crippen LogP contribution in [0.4, 0.5) is 0 Å². The molecular formula is C17H23N5O. The molecule has 1 aromatic heterocycles. The number of aliphatic hydroxyl groups is 1. The van der Waals surface area contributed by atoms with Crippen molar-refractivity contribution in [3.8, 4) is 0 Å². The highest BCUT2D eigenvalue weighted by Crippen LogP contribution is 2.37. The smallest absolute Gasteiger partial charge is 0.165 e. The summed E-state index contributed by atoms with van der Waals surface area (Å²) in [6.07, 6.45) is 5.81. The van der Waals surface area contributed by atoms with Gasteiger partial charge in [-0.15, -0.1) is 5.10 Å². The molecule has 6 nitrogen and oxygen atoms in total. The molecule has 0 saturated heterocycles. The van der Waals surface area contributed by atoms with Crippen molar-refractivity contribution in [1.82, 2.24) is 25.1 Å². The van der Waals surface area contributed by atoms with Crippen molar-refractivity contribution in [3.05, 3.63) is 41.2 Å². The Bertz CT molecular complexity index is 667. The number of aryl methyl sites for hydroxylation is 1. The van der Waals surface area contributed by atoms with Gasteiger partial charge in [0, 0.05) is 12.6 Å². The van der Waals surface area contributed by atoms with Crippen LogP contribution in [0, 0.1) is 0 Å². The zero-order valence-electron chi connectivity index (χ0n) is 13.3. The van der Waals surface area contributed by atoms with E-state index < -0.39 is 0 Å². The van der Waals surface area contributed by atoms with E-state index in [1.807, 2.05) is 4.68 Å². The van der Waals surface area contributed by atoms with E-state index in [2.05, 4.69) is 44.7 Å². The van der Waals surface area contributed by atoms with Gasteiger partial charge in [-0.3, -0.25) is 4.90 Å². The highest BCUT2D eigenvalue weighted by Gasteiger charge is 2.31. The maximum absolute atomic E-state index is 9.53. The van der Waals surface area contributed by atoms with Crippen LogP contribution in [0.15, 0.2) is 24.3 Å². The van der Waals surface area contributed by atoms with E-state index in [1.165, 1.54) is 30.4 Å². The molecule has 1 aromatic carbocycles. The van der Waals surface area contributed by atoms with Gasteiger partial charge in [-0.05, 0) is 53.7 Å². The molecule has 0 spiro atoms. The molecule has 0 amide bonds. The Morgan fingerprint density at radius 3 is 2.91 bits per heavy atom. The fraction of sp³-hybridized carbons (Fsp3) is 0.588. The standard InChI is InChI=1S/C17H23N5O/c23-11-10-21(12-17-18-19-20-22(17)14-8-9-14)16-7-3-5-13-4-1-2-6-15(13)16/h1-2,4,6,14,16,23H,3,5,7-12H2. The first-order valence-electron chi connectivity index (χ1n) is 8.56. The Hall–Kier alpha value is -1.79. The summed E-state index contributed by atoms with van der Waals surface area (Å²) in [6, 6.07) is 9.51. The molecule has 1 saturated carbocycles. The minimum Gasteiger partial charge on any atom is -0.395 e. The van der Waals surface area contributed by atoms with Crippen molar-refractivity contribution < 1.29 is 5.11 Å². The van der Waals surface area contributed by atoms with Gasteiger partial charge in [-0.2, -0.15) is 0 Å². The summed E-state index contributed by atoms with van der Waals surface area (Å²) in [6.45, 7) is 1.50. The Balaban J connectivity index is 1.59. The lowest BCUT2D eigenvalue weighted by molar-refractivity contribution is 0.126. The summed E-state index contributed by atoms with van der Waals surface area (Å²) in [7, 11) is 0. The Labute approximate surface area is 136 Å². The van der Waals surface area contributed by atoms with Crippen molar-refractivity contribution in [2.75, 3.05) is 13.2 Å². The van der Waals surface area contributed by atoms with Gasteiger partial charge in [0.2, 0.25) is 0 Å². The molecule has 0 radical (unpaired) electrons. The molecule has 4 rings (SSSR count). The lowest BCUT2D eigenvalue weighted by Crippen LogP contribution is -2.34. The van der Waals surface area contributed by atoms with Crippen molar-refractivity contribution >= 4 is 0 Å². The van der Waals surface area contributed by atoms with E-state index in [0.717, 1.165) is 18.7 Å². The Morgan fingerprint density at radius 2 is 2.09 bits per heavy atom. The van der Waals surface area contributed by atoms with Crippen LogP contribution in [-0.2, 0) is 13.0 Å². The first-order valence-corrected chi connectivity index (χ1v) is 8.56. The minimum atomic E-state index is 0.156. The molecule has 1 heterocycles. The van der Waals surface area contributed by atoms with E-state index in [-0.39, 0.29) is 6.61 Å². The topological polar surface area (TPSA) is 67.1 Å². The lowest BCUT2D eigenvalue weighted by Gasteiger charge is -2.35. The number of tetrazole rings is 1. The van der Waals surface area contributed by atoms with Gasteiger partial charge < -0.3 is 5.11 Å². The lowest BCUT2D eigenvalue weighted by atomic mass is 9.87. The highest BCUT2D eigenvalue weighted by atomic mass is 16.3. The quantitative estimate of drug-likeness (QED) is 0.882. The van der Waals surface area contributed by atoms with E-state index in [4.69, 9.17) is 0 Å². The summed E-state index contributed by atoms with van der Waals surface area (Å²) < 4.78 is 1.97. The van der Waals surface area contributed by atoms with Crippen LogP contribution in [0.3, 0.4) is 0 Å². The first kappa shape index (κ1) is 14.8. The van der Waals surface area contributed by atoms with E-state index in [9.17, 15) is 5.11 Å². The number of nitrogens with zero attached hydrogens (tertiary/aromatic N) is 5. The fourth-order valence-electron chi connectivity index (χ4n) is 3.68. The average molecular weight is 313 g/mol. The predicted octanol–water partition coefficient (Wildman–Crippen LogP) is 1.88. The third-order valence-corrected chi connectivity index (χ3v) is 4.96. The number of hydrogen-bond acceptors (Lipinski definition) is 5. The summed E-state index contributed by atoms with van der Waals surface area (Å²) in [5.41, 5.74) is 2.84. The highest BCUT2D eigenvalue weighted by molar-refractivity contribution is 5.32. The Morgan fingerprint density at radius 1 is 1.22 bits per heavy atom. The van der Waals surface area contributed by atoms with E-state index in [0.29, 0.717) is 25.2 Å². The molecule has 6 heteroatoms. The zero-order chi connectivity index (χ0) is 15.6. The number of rotatable bonds is 6. The number of aromatic nitrogens is 4. The van der Waals surface area contributed by atoms with Crippen LogP contribution in [0.5, 0.6) is 0 Å². The molecule has 0 aliphatic heterocycles. The summed E-state index contributed by atoms with van der Waals surface area (Å²) in [4.78, 5) is 2.34. The number of benzene rings is 1. The number of aliphatic hydroxyl groups excluding tert-OH is 1. The first-order chi connectivity index (χ1) is 11.4. The molecule has 1 fully saturated rings. The molecule has 2 aliphatic carbocycles. The molecular weight excluding hydrogens is 290 g/mol. The van der Waals surface area contributed by atoms with Crippen molar-refractivity contribution in [2.45, 2.75) is 50.7 Å². The van der Waals surface area contributed by atoms with Crippen molar-refractivity contribution in [3.63, 3.8) is 0 Å². The summed E-state index contributed by atoms with van der Waals surface area (Å²) in [5, 5.41) is 21.8. The fourth-order valence-corrected chi connectivity index (χ4v) is 3.68. The second kappa shape index (κ2) is 6.37. The molecule has 2 aliphatic rings. The van der Waals surface area contributed by atoms with Gasteiger partial charge in [0.1, 0.15) is 0 Å². The number of hydrogen-bond donors (Lipinski definition) is 1. The molecule has 122 valence electrons. The average Bonchev–Trinajstić information content (AvgIpc) is 3.33. The van der Waals surface area contributed by atoms with Crippen LogP contribution in [0.25, 0.3) is 0 Å². The van der Waals surface area contributed by atoms with Gasteiger partial charge in [-0.25, -0.2) is 4.68 Å². The molecule has 2 aromatic rings. The van der Waals surface area contributed by atoms with Crippen molar-refractivity contribution in [2.24, 2.45) is 0 Å². The minimum absolute atomic E-state index is 0.156. The second-order valence-electron chi connectivity index (χ2n) is 6.57. The molecule has 1 unspecified atom stereocenters. The largest absolute Gasteiger partial charge is 0.395 e. The summed E-state index contributed by atoms with van der Waals surface area (Å²) in [5.74, 6) is 0.920. The number of fused-ring (bicyclic) bond motifs is 1. The van der Waals surface area contributed by atoms with Gasteiger partial charge in [-0.1, -0.05) is 24.3 Å². The van der Waals surface area contributed by atoms with Crippen LogP contribution in [0.2, 0.25) is 0 Å². The molecule has 1 N–H and O–H groups in total. The SMILES string of the molecule is OCCN(Cc1nnnn1C1CC1)C1CCCc2ccccc21. The predicted molar refractivity (Wildman–Crippen MR) is 85.7 cm³/mol. The molecule has 0 bridgehead atoms. The third kappa shape index (κ3) is 3.01. The van der Waals surface area contributed by atoms with Crippen LogP contribution >= 0.6 is 0 Å². The second-order valence-corrected chi connectivity index (χ2v) is 6.57. The van der Waals surface area contributed by atoms with E-state index in [1.54, 1.807) is 0 Å². The molecule has 1 atom stereocenters. The monoisotopic (exact) mass is 313 g/mol. The van der Waals surface area contributed by atoms with Crippen LogP contribution in [-0.4, -0.2) is 43.4 Å². The van der Waals surface area contributed by atoms with Crippen molar-refractivity contribution in [1.29, 1.82) is 0 Å². The maximum atomic E-state index is 9.53. The van der Waals surface area contributed by atoms with Gasteiger partial charge in [0.25, 0.3) is 0 Å². The maximum Gasteiger partial charge on any atom is 0.165 e. The molecule has 23 heavy (non-hydrogen) atoms. The Kier molecular flexibility index (Phi) is 4.10. The van der Waals surface area contributed by atoms with E-state index >= 15 is 0 Å². The zero-order valence-corrected chi connectivity index (χ0v) is 13.3. The van der Waals surface area contributed by atoms with Crippen LogP contribution < -0.4 is 0 Å². The summed E-state index contributed by atoms with van der Waals surface area (Å²) >= 11 is 0. The van der Waals surface area contributed by atoms with Gasteiger partial charge in [0.05, 0.1) is 19.2 Å². The normalized spacial score (nSPS) is 20.7. The van der Waals surface area contributed by atoms with Crippen LogP contribution in [0.1, 0.15) is 54.7 Å².